The monoisotopic (exact) mass is 559 g/mol. The first-order chi connectivity index (χ1) is 18.7. The Bertz CT molecular complexity index is 1720. The number of nitrogens with zero attached hydrogens (tertiary/aromatic N) is 2. The zero-order chi connectivity index (χ0) is 25.9. The van der Waals surface area contributed by atoms with Gasteiger partial charge in [0.1, 0.15) is 5.58 Å². The van der Waals surface area contributed by atoms with Crippen molar-refractivity contribution in [1.29, 1.82) is 0 Å². The van der Waals surface area contributed by atoms with E-state index in [1.807, 2.05) is 72.8 Å². The molecule has 0 saturated carbocycles. The van der Waals surface area contributed by atoms with Crippen LogP contribution in [-0.4, -0.2) is 16.7 Å². The molecule has 0 spiro atoms. The van der Waals surface area contributed by atoms with Crippen LogP contribution < -0.4 is 5.43 Å². The van der Waals surface area contributed by atoms with E-state index in [1.54, 1.807) is 12.3 Å². The number of carbonyl (C=O) groups is 1. The maximum atomic E-state index is 12.8. The van der Waals surface area contributed by atoms with Crippen molar-refractivity contribution in [3.05, 3.63) is 137 Å². The lowest BCUT2D eigenvalue weighted by atomic mass is 10.1. The number of hydrazone groups is 1. The number of carbonyl (C=O) groups excluding carboxylic acids is 1. The van der Waals surface area contributed by atoms with E-state index in [-0.39, 0.29) is 5.76 Å². The Kier molecular flexibility index (Phi) is 6.46. The summed E-state index contributed by atoms with van der Waals surface area (Å²) in [5, 5.41) is 5.19. The standard InChI is InChI=1S/C32H22BrN3O2/c33-26-15-17-27(18-16-26)36-28(22-9-3-1-4-10-22)19-25(31(36)23-11-5-2-6-12-23)21-34-35-32(37)30-20-24-13-7-8-14-29(24)38-30/h1-21H,(H,35,37)/b34-21-. The quantitative estimate of drug-likeness (QED) is 0.165. The molecule has 2 aromatic heterocycles. The molecule has 0 aliphatic carbocycles. The summed E-state index contributed by atoms with van der Waals surface area (Å²) in [5.74, 6) is -0.196. The summed E-state index contributed by atoms with van der Waals surface area (Å²) in [6.45, 7) is 0. The first-order valence-electron chi connectivity index (χ1n) is 12.1. The Balaban J connectivity index is 1.44. The number of hydrogen-bond acceptors (Lipinski definition) is 3. The van der Waals surface area contributed by atoms with E-state index in [0.29, 0.717) is 5.58 Å². The number of halogens is 1. The maximum Gasteiger partial charge on any atom is 0.307 e. The number of furan rings is 1. The van der Waals surface area contributed by atoms with Crippen molar-refractivity contribution in [3.63, 3.8) is 0 Å². The molecule has 1 N–H and O–H groups in total. The third-order valence-corrected chi connectivity index (χ3v) is 6.78. The van der Waals surface area contributed by atoms with Crippen molar-refractivity contribution < 1.29 is 9.21 Å². The van der Waals surface area contributed by atoms with Crippen LogP contribution in [0.15, 0.2) is 135 Å². The molecule has 0 aliphatic rings. The van der Waals surface area contributed by atoms with Gasteiger partial charge in [0.25, 0.3) is 0 Å². The second-order valence-corrected chi connectivity index (χ2v) is 9.64. The molecule has 0 atom stereocenters. The largest absolute Gasteiger partial charge is 0.451 e. The highest BCUT2D eigenvalue weighted by molar-refractivity contribution is 9.10. The highest BCUT2D eigenvalue weighted by atomic mass is 79.9. The molecule has 5 nitrogen and oxygen atoms in total. The van der Waals surface area contributed by atoms with Gasteiger partial charge in [-0.1, -0.05) is 94.8 Å². The highest BCUT2D eigenvalue weighted by Gasteiger charge is 2.19. The van der Waals surface area contributed by atoms with Gasteiger partial charge in [0.05, 0.1) is 17.6 Å². The maximum absolute atomic E-state index is 12.8. The molecule has 4 aromatic carbocycles. The zero-order valence-electron chi connectivity index (χ0n) is 20.2. The fraction of sp³-hybridized carbons (Fsp3) is 0. The van der Waals surface area contributed by atoms with E-state index in [0.717, 1.165) is 43.6 Å². The Morgan fingerprint density at radius 1 is 0.789 bits per heavy atom. The Morgan fingerprint density at radius 3 is 2.16 bits per heavy atom. The zero-order valence-corrected chi connectivity index (χ0v) is 21.8. The average Bonchev–Trinajstić information content (AvgIpc) is 3.57. The van der Waals surface area contributed by atoms with Crippen LogP contribution in [0.25, 0.3) is 39.2 Å². The Hall–Kier alpha value is -4.68. The van der Waals surface area contributed by atoms with Gasteiger partial charge >= 0.3 is 5.91 Å². The minimum atomic E-state index is -0.408. The molecule has 184 valence electrons. The average molecular weight is 560 g/mol. The molecule has 2 heterocycles. The van der Waals surface area contributed by atoms with E-state index in [1.165, 1.54) is 0 Å². The van der Waals surface area contributed by atoms with Crippen molar-refractivity contribution >= 4 is 39.0 Å². The van der Waals surface area contributed by atoms with Crippen LogP contribution >= 0.6 is 15.9 Å². The topological polar surface area (TPSA) is 59.5 Å². The Morgan fingerprint density at radius 2 is 1.45 bits per heavy atom. The lowest BCUT2D eigenvalue weighted by Gasteiger charge is -2.15. The SMILES string of the molecule is O=C(N/N=C\c1cc(-c2ccccc2)n(-c2ccc(Br)cc2)c1-c1ccccc1)c1cc2ccccc2o1. The van der Waals surface area contributed by atoms with Crippen LogP contribution in [0.3, 0.4) is 0 Å². The summed E-state index contributed by atoms with van der Waals surface area (Å²) in [7, 11) is 0. The van der Waals surface area contributed by atoms with E-state index in [2.05, 4.69) is 73.5 Å². The smallest absolute Gasteiger partial charge is 0.307 e. The summed E-state index contributed by atoms with van der Waals surface area (Å²) < 4.78 is 8.91. The molecule has 0 unspecified atom stereocenters. The molecule has 38 heavy (non-hydrogen) atoms. The van der Waals surface area contributed by atoms with Gasteiger partial charge in [-0.05, 0) is 53.6 Å². The van der Waals surface area contributed by atoms with Gasteiger partial charge in [-0.2, -0.15) is 5.10 Å². The number of rotatable bonds is 6. The fourth-order valence-corrected chi connectivity index (χ4v) is 4.77. The van der Waals surface area contributed by atoms with Gasteiger partial charge in [0, 0.05) is 21.1 Å². The number of fused-ring (bicyclic) bond motifs is 1. The van der Waals surface area contributed by atoms with Gasteiger partial charge in [-0.3, -0.25) is 4.79 Å². The van der Waals surface area contributed by atoms with E-state index in [4.69, 9.17) is 4.42 Å². The minimum Gasteiger partial charge on any atom is -0.451 e. The van der Waals surface area contributed by atoms with Crippen molar-refractivity contribution in [2.24, 2.45) is 5.10 Å². The Labute approximate surface area is 228 Å². The lowest BCUT2D eigenvalue weighted by Crippen LogP contribution is -2.16. The van der Waals surface area contributed by atoms with Gasteiger partial charge in [-0.15, -0.1) is 0 Å². The number of hydrogen-bond donors (Lipinski definition) is 1. The highest BCUT2D eigenvalue weighted by Crippen LogP contribution is 2.35. The molecule has 0 aliphatic heterocycles. The van der Waals surface area contributed by atoms with Crippen molar-refractivity contribution in [3.8, 4) is 28.2 Å². The van der Waals surface area contributed by atoms with E-state index in [9.17, 15) is 4.79 Å². The number of para-hydroxylation sites is 1. The van der Waals surface area contributed by atoms with Crippen LogP contribution in [0.5, 0.6) is 0 Å². The molecule has 6 aromatic rings. The second kappa shape index (κ2) is 10.4. The summed E-state index contributed by atoms with van der Waals surface area (Å²) in [5.41, 5.74) is 9.23. The van der Waals surface area contributed by atoms with Crippen LogP contribution in [-0.2, 0) is 0 Å². The van der Waals surface area contributed by atoms with Crippen molar-refractivity contribution in [2.45, 2.75) is 0 Å². The fourth-order valence-electron chi connectivity index (χ4n) is 4.51. The third-order valence-electron chi connectivity index (χ3n) is 6.25. The summed E-state index contributed by atoms with van der Waals surface area (Å²) in [6, 6.07) is 39.9. The third kappa shape index (κ3) is 4.69. The predicted molar refractivity (Wildman–Crippen MR) is 156 cm³/mol. The van der Waals surface area contributed by atoms with Crippen LogP contribution in [0.4, 0.5) is 0 Å². The van der Waals surface area contributed by atoms with Gasteiger partial charge in [0.15, 0.2) is 5.76 Å². The number of nitrogens with one attached hydrogen (secondary N) is 1. The summed E-state index contributed by atoms with van der Waals surface area (Å²) in [4.78, 5) is 12.8. The first-order valence-corrected chi connectivity index (χ1v) is 12.9. The molecule has 0 fully saturated rings. The molecular formula is C32H22BrN3O2. The van der Waals surface area contributed by atoms with Gasteiger partial charge < -0.3 is 8.98 Å². The van der Waals surface area contributed by atoms with Crippen LogP contribution in [0.2, 0.25) is 0 Å². The van der Waals surface area contributed by atoms with Crippen LogP contribution in [0.1, 0.15) is 16.1 Å². The molecule has 6 rings (SSSR count). The molecule has 0 radical (unpaired) electrons. The summed E-state index contributed by atoms with van der Waals surface area (Å²) in [6.07, 6.45) is 1.69. The van der Waals surface area contributed by atoms with Crippen LogP contribution in [0, 0.1) is 0 Å². The predicted octanol–water partition coefficient (Wildman–Crippen LogP) is 8.08. The number of aromatic nitrogens is 1. The van der Waals surface area contributed by atoms with Gasteiger partial charge in [-0.25, -0.2) is 5.43 Å². The summed E-state index contributed by atoms with van der Waals surface area (Å²) >= 11 is 3.55. The molecule has 0 saturated heterocycles. The molecular weight excluding hydrogens is 538 g/mol. The first kappa shape index (κ1) is 23.7. The van der Waals surface area contributed by atoms with E-state index < -0.39 is 5.91 Å². The lowest BCUT2D eigenvalue weighted by molar-refractivity contribution is 0.0929. The number of amides is 1. The minimum absolute atomic E-state index is 0.212. The molecule has 0 bridgehead atoms. The van der Waals surface area contributed by atoms with Crippen molar-refractivity contribution in [1.82, 2.24) is 9.99 Å². The molecule has 1 amide bonds. The van der Waals surface area contributed by atoms with Gasteiger partial charge in [0.2, 0.25) is 0 Å². The normalized spacial score (nSPS) is 11.3. The van der Waals surface area contributed by atoms with E-state index >= 15 is 0 Å². The number of benzene rings is 4. The molecule has 6 heteroatoms. The second-order valence-electron chi connectivity index (χ2n) is 8.73. The van der Waals surface area contributed by atoms with Crippen molar-refractivity contribution in [2.75, 3.05) is 0 Å².